The van der Waals surface area contributed by atoms with Crippen molar-refractivity contribution in [3.8, 4) is 0 Å². The van der Waals surface area contributed by atoms with Crippen LogP contribution in [0.2, 0.25) is 5.02 Å². The third-order valence-corrected chi connectivity index (χ3v) is 2.62. The van der Waals surface area contributed by atoms with E-state index in [1.54, 1.807) is 6.07 Å². The van der Waals surface area contributed by atoms with E-state index < -0.39 is 12.2 Å². The predicted octanol–water partition coefficient (Wildman–Crippen LogP) is 2.01. The molecule has 14 heavy (non-hydrogen) atoms. The Hall–Kier alpha value is -0.570. The molecule has 0 aliphatic rings. The van der Waals surface area contributed by atoms with Gasteiger partial charge in [0.05, 0.1) is 12.2 Å². The minimum Gasteiger partial charge on any atom is -0.390 e. The lowest BCUT2D eigenvalue weighted by Gasteiger charge is -2.16. The zero-order valence-corrected chi connectivity index (χ0v) is 8.91. The van der Waals surface area contributed by atoms with Gasteiger partial charge in [-0.1, -0.05) is 36.7 Å². The molecule has 0 unspecified atom stereocenters. The lowest BCUT2D eigenvalue weighted by molar-refractivity contribution is 0.0182. The molecule has 0 radical (unpaired) electrons. The first-order valence-corrected chi connectivity index (χ1v) is 5.12. The van der Waals surface area contributed by atoms with Crippen LogP contribution in [-0.2, 0) is 6.42 Å². The van der Waals surface area contributed by atoms with Gasteiger partial charge in [0.25, 0.3) is 0 Å². The molecule has 0 aliphatic heterocycles. The molecule has 0 aromatic heterocycles. The van der Waals surface area contributed by atoms with Crippen LogP contribution >= 0.6 is 11.6 Å². The highest BCUT2D eigenvalue weighted by molar-refractivity contribution is 6.31. The maximum absolute atomic E-state index is 9.59. The van der Waals surface area contributed by atoms with Crippen LogP contribution in [0.25, 0.3) is 0 Å². The highest BCUT2D eigenvalue weighted by Gasteiger charge is 2.15. The first kappa shape index (κ1) is 11.5. The Labute approximate surface area is 89.1 Å². The molecule has 0 aliphatic carbocycles. The normalized spacial score (nSPS) is 15.1. The van der Waals surface area contributed by atoms with Gasteiger partial charge in [0, 0.05) is 11.4 Å². The number of rotatable bonds is 4. The molecule has 78 valence electrons. The van der Waals surface area contributed by atoms with Gasteiger partial charge in [0.15, 0.2) is 0 Å². The molecule has 0 heterocycles. The van der Waals surface area contributed by atoms with Crippen molar-refractivity contribution in [2.75, 3.05) is 0 Å². The first-order valence-electron chi connectivity index (χ1n) is 4.74. The molecule has 1 aromatic rings. The predicted molar refractivity (Wildman–Crippen MR) is 57.5 cm³/mol. The lowest BCUT2D eigenvalue weighted by atomic mass is 10.0. The maximum Gasteiger partial charge on any atom is 0.0839 e. The number of benzene rings is 1. The molecule has 0 fully saturated rings. The lowest BCUT2D eigenvalue weighted by Crippen LogP contribution is -2.27. The van der Waals surface area contributed by atoms with E-state index in [9.17, 15) is 10.2 Å². The summed E-state index contributed by atoms with van der Waals surface area (Å²) < 4.78 is 0. The first-order chi connectivity index (χ1) is 6.65. The van der Waals surface area contributed by atoms with Gasteiger partial charge in [0.2, 0.25) is 0 Å². The zero-order valence-electron chi connectivity index (χ0n) is 8.15. The Kier molecular flexibility index (Phi) is 4.39. The second kappa shape index (κ2) is 5.35. The zero-order chi connectivity index (χ0) is 10.6. The summed E-state index contributed by atoms with van der Waals surface area (Å²) in [6.07, 6.45) is -0.466. The van der Waals surface area contributed by atoms with Gasteiger partial charge < -0.3 is 10.2 Å². The van der Waals surface area contributed by atoms with Crippen molar-refractivity contribution < 1.29 is 10.2 Å². The van der Waals surface area contributed by atoms with Crippen molar-refractivity contribution in [3.05, 3.63) is 34.9 Å². The van der Waals surface area contributed by atoms with Crippen LogP contribution < -0.4 is 0 Å². The topological polar surface area (TPSA) is 40.5 Å². The smallest absolute Gasteiger partial charge is 0.0839 e. The highest BCUT2D eigenvalue weighted by Crippen LogP contribution is 2.17. The molecule has 2 atom stereocenters. The monoisotopic (exact) mass is 214 g/mol. The largest absolute Gasteiger partial charge is 0.390 e. The van der Waals surface area contributed by atoms with Gasteiger partial charge >= 0.3 is 0 Å². The summed E-state index contributed by atoms with van der Waals surface area (Å²) in [5.74, 6) is 0. The second-order valence-corrected chi connectivity index (χ2v) is 3.75. The highest BCUT2D eigenvalue weighted by atomic mass is 35.5. The number of halogens is 1. The van der Waals surface area contributed by atoms with Crippen molar-refractivity contribution in [2.24, 2.45) is 0 Å². The molecule has 0 bridgehead atoms. The Morgan fingerprint density at radius 1 is 1.21 bits per heavy atom. The summed E-state index contributed by atoms with van der Waals surface area (Å²) in [5.41, 5.74) is 0.870. The van der Waals surface area contributed by atoms with E-state index in [2.05, 4.69) is 0 Å². The molecule has 0 saturated heterocycles. The summed E-state index contributed by atoms with van der Waals surface area (Å²) in [6, 6.07) is 7.34. The molecule has 0 amide bonds. The quantitative estimate of drug-likeness (QED) is 0.805. The minimum atomic E-state index is -0.736. The van der Waals surface area contributed by atoms with Crippen LogP contribution in [0, 0.1) is 0 Å². The fourth-order valence-corrected chi connectivity index (χ4v) is 1.51. The third-order valence-electron chi connectivity index (χ3n) is 2.25. The average Bonchev–Trinajstić information content (AvgIpc) is 2.20. The maximum atomic E-state index is 9.59. The molecular formula is C11H15ClO2. The Morgan fingerprint density at radius 2 is 1.86 bits per heavy atom. The van der Waals surface area contributed by atoms with Crippen LogP contribution in [0.15, 0.2) is 24.3 Å². The van der Waals surface area contributed by atoms with E-state index in [1.807, 2.05) is 25.1 Å². The molecule has 1 aromatic carbocycles. The minimum absolute atomic E-state index is 0.397. The van der Waals surface area contributed by atoms with Crippen LogP contribution in [0.4, 0.5) is 0 Å². The summed E-state index contributed by atoms with van der Waals surface area (Å²) in [4.78, 5) is 0. The van der Waals surface area contributed by atoms with Gasteiger partial charge in [-0.05, 0) is 18.1 Å². The fraction of sp³-hybridized carbons (Fsp3) is 0.455. The number of aliphatic hydroxyl groups excluding tert-OH is 2. The summed E-state index contributed by atoms with van der Waals surface area (Å²) >= 11 is 5.92. The summed E-state index contributed by atoms with van der Waals surface area (Å²) in [6.45, 7) is 1.83. The van der Waals surface area contributed by atoms with Crippen LogP contribution in [0.5, 0.6) is 0 Å². The molecular weight excluding hydrogens is 200 g/mol. The second-order valence-electron chi connectivity index (χ2n) is 3.34. The number of hydrogen-bond acceptors (Lipinski definition) is 2. The molecule has 1 rings (SSSR count). The van der Waals surface area contributed by atoms with E-state index in [-0.39, 0.29) is 0 Å². The number of aliphatic hydroxyl groups is 2. The fourth-order valence-electron chi connectivity index (χ4n) is 1.30. The van der Waals surface area contributed by atoms with E-state index in [0.29, 0.717) is 17.9 Å². The third kappa shape index (κ3) is 2.98. The SMILES string of the molecule is CC[C@H](O)[C@@H](O)Cc1ccccc1Cl. The van der Waals surface area contributed by atoms with E-state index in [4.69, 9.17) is 11.6 Å². The molecule has 2 N–H and O–H groups in total. The number of hydrogen-bond donors (Lipinski definition) is 2. The van der Waals surface area contributed by atoms with Gasteiger partial charge in [-0.15, -0.1) is 0 Å². The molecule has 0 saturated carbocycles. The molecule has 0 spiro atoms. The van der Waals surface area contributed by atoms with Crippen molar-refractivity contribution in [3.63, 3.8) is 0 Å². The van der Waals surface area contributed by atoms with E-state index >= 15 is 0 Å². The van der Waals surface area contributed by atoms with Crippen LogP contribution in [0.1, 0.15) is 18.9 Å². The summed E-state index contributed by atoms with van der Waals surface area (Å²) in [7, 11) is 0. The Morgan fingerprint density at radius 3 is 2.43 bits per heavy atom. The van der Waals surface area contributed by atoms with Crippen LogP contribution in [0.3, 0.4) is 0 Å². The molecule has 3 heteroatoms. The van der Waals surface area contributed by atoms with Crippen molar-refractivity contribution >= 4 is 11.6 Å². The van der Waals surface area contributed by atoms with Crippen LogP contribution in [-0.4, -0.2) is 22.4 Å². The van der Waals surface area contributed by atoms with Gasteiger partial charge in [0.1, 0.15) is 0 Å². The van der Waals surface area contributed by atoms with Gasteiger partial charge in [-0.2, -0.15) is 0 Å². The standard InChI is InChI=1S/C11H15ClO2/c1-2-10(13)11(14)7-8-5-3-4-6-9(8)12/h3-6,10-11,13-14H,2,7H2,1H3/t10-,11-/m0/s1. The summed E-state index contributed by atoms with van der Waals surface area (Å²) in [5, 5.41) is 19.6. The van der Waals surface area contributed by atoms with E-state index in [0.717, 1.165) is 5.56 Å². The van der Waals surface area contributed by atoms with E-state index in [1.165, 1.54) is 0 Å². The Balaban J connectivity index is 2.64. The Bertz CT molecular complexity index is 288. The molecule has 2 nitrogen and oxygen atoms in total. The average molecular weight is 215 g/mol. The van der Waals surface area contributed by atoms with Crippen molar-refractivity contribution in [2.45, 2.75) is 32.0 Å². The van der Waals surface area contributed by atoms with Crippen molar-refractivity contribution in [1.82, 2.24) is 0 Å². The van der Waals surface area contributed by atoms with Gasteiger partial charge in [-0.25, -0.2) is 0 Å². The van der Waals surface area contributed by atoms with Crippen molar-refractivity contribution in [1.29, 1.82) is 0 Å². The van der Waals surface area contributed by atoms with Gasteiger partial charge in [-0.3, -0.25) is 0 Å².